The van der Waals surface area contributed by atoms with Gasteiger partial charge in [0.25, 0.3) is 0 Å². The highest BCUT2D eigenvalue weighted by molar-refractivity contribution is 7.89. The third-order valence-electron chi connectivity index (χ3n) is 3.35. The molecule has 0 heterocycles. The predicted octanol–water partition coefficient (Wildman–Crippen LogP) is -0.324. The number of hydrogen-bond donors (Lipinski definition) is 2. The van der Waals surface area contributed by atoms with Crippen LogP contribution in [0, 0.1) is 0 Å². The van der Waals surface area contributed by atoms with E-state index in [1.807, 2.05) is 0 Å². The first kappa shape index (κ1) is 17.6. The number of ether oxygens (including phenoxy) is 1. The summed E-state index contributed by atoms with van der Waals surface area (Å²) >= 11 is 0. The highest BCUT2D eigenvalue weighted by Crippen LogP contribution is 2.15. The minimum atomic E-state index is -3.72. The van der Waals surface area contributed by atoms with E-state index in [0.29, 0.717) is 13.1 Å². The van der Waals surface area contributed by atoms with E-state index in [4.69, 9.17) is 0 Å². The number of rotatable bonds is 8. The average Bonchev–Trinajstić information content (AvgIpc) is 2.50. The van der Waals surface area contributed by atoms with Crippen molar-refractivity contribution in [1.29, 1.82) is 0 Å². The molecule has 0 radical (unpaired) electrons. The number of likely N-dealkylation sites (N-methyl/N-ethyl adjacent to an activating group) is 1. The molecule has 21 heavy (non-hydrogen) atoms. The standard InChI is InChI=1S/C14H22N2O4S/c1-4-16(5-2)11-10-15-21(18,19)13-9-7-6-8-12(13)14(17)20-3/h6-9,15H,4-5,10-11H2,1-3H3/p+1. The fraction of sp³-hybridized carbons (Fsp3) is 0.500. The number of hydrogen-bond acceptors (Lipinski definition) is 4. The molecule has 0 aliphatic heterocycles. The Morgan fingerprint density at radius 3 is 2.43 bits per heavy atom. The van der Waals surface area contributed by atoms with Crippen LogP contribution in [0.15, 0.2) is 29.2 Å². The summed E-state index contributed by atoms with van der Waals surface area (Å²) in [4.78, 5) is 12.9. The molecule has 0 atom stereocenters. The molecule has 0 saturated heterocycles. The van der Waals surface area contributed by atoms with E-state index in [1.54, 1.807) is 12.1 Å². The van der Waals surface area contributed by atoms with Gasteiger partial charge in [0.2, 0.25) is 10.0 Å². The number of carbonyl (C=O) groups excluding carboxylic acids is 1. The second-order valence-electron chi connectivity index (χ2n) is 4.59. The Morgan fingerprint density at radius 2 is 1.86 bits per heavy atom. The van der Waals surface area contributed by atoms with E-state index >= 15 is 0 Å². The summed E-state index contributed by atoms with van der Waals surface area (Å²) in [6.07, 6.45) is 0. The van der Waals surface area contributed by atoms with Crippen LogP contribution in [0.4, 0.5) is 0 Å². The van der Waals surface area contributed by atoms with Gasteiger partial charge in [0, 0.05) is 0 Å². The maximum Gasteiger partial charge on any atom is 0.339 e. The molecular formula is C14H23N2O4S+. The summed E-state index contributed by atoms with van der Waals surface area (Å²) in [5.41, 5.74) is 0.0442. The van der Waals surface area contributed by atoms with E-state index in [9.17, 15) is 13.2 Å². The van der Waals surface area contributed by atoms with Gasteiger partial charge in [-0.15, -0.1) is 0 Å². The molecule has 0 amide bonds. The van der Waals surface area contributed by atoms with Crippen LogP contribution in [0.25, 0.3) is 0 Å². The maximum absolute atomic E-state index is 12.3. The molecular weight excluding hydrogens is 292 g/mol. The van der Waals surface area contributed by atoms with Crippen LogP contribution in [0.5, 0.6) is 0 Å². The summed E-state index contributed by atoms with van der Waals surface area (Å²) in [7, 11) is -2.50. The van der Waals surface area contributed by atoms with Gasteiger partial charge in [-0.1, -0.05) is 12.1 Å². The topological polar surface area (TPSA) is 76.9 Å². The Balaban J connectivity index is 2.86. The van der Waals surface area contributed by atoms with Gasteiger partial charge in [-0.3, -0.25) is 0 Å². The van der Waals surface area contributed by atoms with Crippen molar-refractivity contribution in [2.45, 2.75) is 18.7 Å². The van der Waals surface area contributed by atoms with Crippen LogP contribution in [0.2, 0.25) is 0 Å². The molecule has 6 nitrogen and oxygen atoms in total. The fourth-order valence-corrected chi connectivity index (χ4v) is 3.25. The number of esters is 1. The smallest absolute Gasteiger partial charge is 0.339 e. The maximum atomic E-state index is 12.3. The SMILES string of the molecule is CC[NH+](CC)CCNS(=O)(=O)c1ccccc1C(=O)OC. The Morgan fingerprint density at radius 1 is 1.24 bits per heavy atom. The monoisotopic (exact) mass is 315 g/mol. The van der Waals surface area contributed by atoms with Crippen LogP contribution in [-0.2, 0) is 14.8 Å². The van der Waals surface area contributed by atoms with Gasteiger partial charge in [0.15, 0.2) is 0 Å². The average molecular weight is 315 g/mol. The molecule has 1 rings (SSSR count). The predicted molar refractivity (Wildman–Crippen MR) is 79.9 cm³/mol. The summed E-state index contributed by atoms with van der Waals surface area (Å²) in [6.45, 7) is 7.02. The molecule has 0 unspecified atom stereocenters. The molecule has 2 N–H and O–H groups in total. The molecule has 0 aliphatic rings. The molecule has 0 spiro atoms. The number of benzene rings is 1. The summed E-state index contributed by atoms with van der Waals surface area (Å²) in [5, 5.41) is 0. The number of sulfonamides is 1. The summed E-state index contributed by atoms with van der Waals surface area (Å²) < 4.78 is 31.8. The third-order valence-corrected chi connectivity index (χ3v) is 4.87. The van der Waals surface area contributed by atoms with E-state index in [2.05, 4.69) is 23.3 Å². The Labute approximate surface area is 126 Å². The molecule has 1 aromatic rings. The van der Waals surface area contributed by atoms with E-state index in [-0.39, 0.29) is 10.5 Å². The molecule has 1 aromatic carbocycles. The number of carbonyl (C=O) groups is 1. The third kappa shape index (κ3) is 4.80. The zero-order chi connectivity index (χ0) is 15.9. The zero-order valence-corrected chi connectivity index (χ0v) is 13.5. The van der Waals surface area contributed by atoms with Gasteiger partial charge >= 0.3 is 5.97 Å². The van der Waals surface area contributed by atoms with E-state index in [0.717, 1.165) is 13.1 Å². The van der Waals surface area contributed by atoms with Gasteiger partial charge < -0.3 is 9.64 Å². The molecule has 7 heteroatoms. The first-order chi connectivity index (χ1) is 9.96. The lowest BCUT2D eigenvalue weighted by Crippen LogP contribution is -3.12. The van der Waals surface area contributed by atoms with Gasteiger partial charge in [-0.05, 0) is 26.0 Å². The first-order valence-corrected chi connectivity index (χ1v) is 8.45. The van der Waals surface area contributed by atoms with Crippen molar-refractivity contribution in [3.8, 4) is 0 Å². The second kappa shape index (κ2) is 8.11. The van der Waals surface area contributed by atoms with Crippen LogP contribution in [-0.4, -0.2) is 47.7 Å². The van der Waals surface area contributed by atoms with Crippen molar-refractivity contribution >= 4 is 16.0 Å². The van der Waals surface area contributed by atoms with Crippen LogP contribution in [0.1, 0.15) is 24.2 Å². The van der Waals surface area contributed by atoms with Crippen molar-refractivity contribution < 1.29 is 22.8 Å². The molecule has 0 aliphatic carbocycles. The van der Waals surface area contributed by atoms with Crippen LogP contribution >= 0.6 is 0 Å². The molecule has 118 valence electrons. The van der Waals surface area contributed by atoms with Crippen molar-refractivity contribution in [2.24, 2.45) is 0 Å². The molecule has 0 saturated carbocycles. The largest absolute Gasteiger partial charge is 0.465 e. The Hall–Kier alpha value is -1.44. The number of methoxy groups -OCH3 is 1. The minimum absolute atomic E-state index is 0.0442. The van der Waals surface area contributed by atoms with Gasteiger partial charge in [0.1, 0.15) is 0 Å². The van der Waals surface area contributed by atoms with Crippen molar-refractivity contribution in [3.05, 3.63) is 29.8 Å². The quantitative estimate of drug-likeness (QED) is 0.645. The highest BCUT2D eigenvalue weighted by Gasteiger charge is 2.22. The van der Waals surface area contributed by atoms with Crippen LogP contribution < -0.4 is 9.62 Å². The normalized spacial score (nSPS) is 11.6. The Bertz CT molecular complexity index is 568. The van der Waals surface area contributed by atoms with E-state index < -0.39 is 16.0 Å². The van der Waals surface area contributed by atoms with Crippen molar-refractivity contribution in [2.75, 3.05) is 33.3 Å². The summed E-state index contributed by atoms with van der Waals surface area (Å²) in [6, 6.07) is 6.02. The molecule has 0 bridgehead atoms. The lowest BCUT2D eigenvalue weighted by molar-refractivity contribution is -0.895. The number of nitrogens with one attached hydrogen (secondary N) is 2. The lowest BCUT2D eigenvalue weighted by Gasteiger charge is -2.16. The Kier molecular flexibility index (Phi) is 6.80. The number of quaternary nitrogens is 1. The second-order valence-corrected chi connectivity index (χ2v) is 6.33. The zero-order valence-electron chi connectivity index (χ0n) is 12.7. The summed E-state index contributed by atoms with van der Waals surface area (Å²) in [5.74, 6) is -0.662. The van der Waals surface area contributed by atoms with E-state index in [1.165, 1.54) is 24.1 Å². The molecule has 0 aromatic heterocycles. The minimum Gasteiger partial charge on any atom is -0.465 e. The van der Waals surface area contributed by atoms with Gasteiger partial charge in [0.05, 0.1) is 43.7 Å². The molecule has 0 fully saturated rings. The van der Waals surface area contributed by atoms with Gasteiger partial charge in [-0.25, -0.2) is 17.9 Å². The van der Waals surface area contributed by atoms with Crippen molar-refractivity contribution in [1.82, 2.24) is 4.72 Å². The highest BCUT2D eigenvalue weighted by atomic mass is 32.2. The fourth-order valence-electron chi connectivity index (χ4n) is 2.02. The lowest BCUT2D eigenvalue weighted by atomic mass is 10.2. The first-order valence-electron chi connectivity index (χ1n) is 6.96. The van der Waals surface area contributed by atoms with Crippen molar-refractivity contribution in [3.63, 3.8) is 0 Å². The van der Waals surface area contributed by atoms with Gasteiger partial charge in [-0.2, -0.15) is 0 Å². The van der Waals surface area contributed by atoms with Crippen LogP contribution in [0.3, 0.4) is 0 Å².